The molecule has 0 saturated heterocycles. The van der Waals surface area contributed by atoms with Crippen molar-refractivity contribution in [3.63, 3.8) is 0 Å². The second-order valence-corrected chi connectivity index (χ2v) is 8.74. The molecule has 1 aliphatic carbocycles. The molecule has 1 fully saturated rings. The molecule has 0 radical (unpaired) electrons. The van der Waals surface area contributed by atoms with E-state index in [0.717, 1.165) is 46.7 Å². The second-order valence-electron chi connectivity index (χ2n) is 7.86. The topological polar surface area (TPSA) is 47.6 Å². The Morgan fingerprint density at radius 2 is 1.73 bits per heavy atom. The van der Waals surface area contributed by atoms with E-state index in [1.54, 1.807) is 11.8 Å². The monoisotopic (exact) mass is 417 g/mol. The Morgan fingerprint density at radius 1 is 0.967 bits per heavy atom. The van der Waals surface area contributed by atoms with E-state index in [2.05, 4.69) is 54.9 Å². The first-order valence-corrected chi connectivity index (χ1v) is 11.3. The predicted molar refractivity (Wildman–Crippen MR) is 121 cm³/mol. The maximum Gasteiger partial charge on any atom is 0.235 e. The minimum absolute atomic E-state index is 0.0360. The molecule has 1 amide bonds. The molecule has 0 unspecified atom stereocenters. The smallest absolute Gasteiger partial charge is 0.235 e. The van der Waals surface area contributed by atoms with E-state index in [0.29, 0.717) is 0 Å². The van der Waals surface area contributed by atoms with Crippen LogP contribution in [-0.4, -0.2) is 19.0 Å². The number of amides is 1. The number of nitrogens with one attached hydrogen (secondary N) is 1. The van der Waals surface area contributed by atoms with Crippen LogP contribution >= 0.6 is 11.8 Å². The highest BCUT2D eigenvalue weighted by atomic mass is 32.2. The number of anilines is 1. The first-order chi connectivity index (χ1) is 14.6. The van der Waals surface area contributed by atoms with Crippen LogP contribution in [0.4, 0.5) is 5.69 Å². The second kappa shape index (κ2) is 7.40. The molecule has 0 spiro atoms. The Bertz CT molecular complexity index is 1120. The minimum Gasteiger partial charge on any atom is -0.454 e. The van der Waals surface area contributed by atoms with E-state index in [-0.39, 0.29) is 12.7 Å². The molecular formula is C25H23NO3S. The molecule has 0 aromatic heterocycles. The molecule has 2 aliphatic rings. The Hall–Kier alpha value is -2.92. The van der Waals surface area contributed by atoms with Crippen LogP contribution in [0.1, 0.15) is 24.0 Å². The summed E-state index contributed by atoms with van der Waals surface area (Å²) in [6, 6.07) is 20.5. The first-order valence-electron chi connectivity index (χ1n) is 10.1. The zero-order valence-electron chi connectivity index (χ0n) is 17.0. The molecule has 0 atom stereocenters. The number of benzene rings is 3. The van der Waals surface area contributed by atoms with Crippen molar-refractivity contribution in [3.8, 4) is 22.6 Å². The number of ether oxygens (including phenoxy) is 2. The maximum absolute atomic E-state index is 13.2. The van der Waals surface area contributed by atoms with Crippen LogP contribution in [0, 0.1) is 6.92 Å². The van der Waals surface area contributed by atoms with Gasteiger partial charge in [0.2, 0.25) is 12.7 Å². The minimum atomic E-state index is -0.480. The third kappa shape index (κ3) is 3.33. The van der Waals surface area contributed by atoms with Crippen LogP contribution in [0.25, 0.3) is 11.1 Å². The average molecular weight is 418 g/mol. The summed E-state index contributed by atoms with van der Waals surface area (Å²) < 4.78 is 10.9. The van der Waals surface area contributed by atoms with Gasteiger partial charge in [0.25, 0.3) is 0 Å². The van der Waals surface area contributed by atoms with Gasteiger partial charge in [0.15, 0.2) is 11.5 Å². The van der Waals surface area contributed by atoms with Crippen molar-refractivity contribution in [2.75, 3.05) is 18.4 Å². The molecule has 0 bridgehead atoms. The highest BCUT2D eigenvalue weighted by molar-refractivity contribution is 7.98. The molecule has 1 saturated carbocycles. The molecule has 4 nitrogen and oxygen atoms in total. The molecule has 5 heteroatoms. The lowest BCUT2D eigenvalue weighted by Crippen LogP contribution is -2.27. The van der Waals surface area contributed by atoms with Gasteiger partial charge in [-0.3, -0.25) is 4.79 Å². The molecule has 1 heterocycles. The van der Waals surface area contributed by atoms with Gasteiger partial charge < -0.3 is 14.8 Å². The highest BCUT2D eigenvalue weighted by Gasteiger charge is 2.51. The van der Waals surface area contributed by atoms with Crippen molar-refractivity contribution in [2.24, 2.45) is 0 Å². The van der Waals surface area contributed by atoms with Crippen molar-refractivity contribution in [2.45, 2.75) is 30.1 Å². The van der Waals surface area contributed by atoms with Crippen molar-refractivity contribution in [1.29, 1.82) is 0 Å². The summed E-state index contributed by atoms with van der Waals surface area (Å²) in [5, 5.41) is 3.16. The van der Waals surface area contributed by atoms with Gasteiger partial charge in [0, 0.05) is 10.6 Å². The van der Waals surface area contributed by atoms with Crippen LogP contribution in [0.2, 0.25) is 0 Å². The first kappa shape index (κ1) is 19.1. The predicted octanol–water partition coefficient (Wildman–Crippen LogP) is 5.78. The number of rotatable bonds is 5. The molecule has 5 rings (SSSR count). The van der Waals surface area contributed by atoms with E-state index in [4.69, 9.17) is 9.47 Å². The summed E-state index contributed by atoms with van der Waals surface area (Å²) in [5.74, 6) is 1.50. The summed E-state index contributed by atoms with van der Waals surface area (Å²) in [4.78, 5) is 14.5. The number of aryl methyl sites for hydroxylation is 1. The Labute approximate surface area is 180 Å². The largest absolute Gasteiger partial charge is 0.454 e. The Balaban J connectivity index is 1.39. The fourth-order valence-electron chi connectivity index (χ4n) is 4.00. The number of hydrogen-bond donors (Lipinski definition) is 1. The molecule has 3 aromatic carbocycles. The van der Waals surface area contributed by atoms with Crippen LogP contribution in [0.3, 0.4) is 0 Å². The summed E-state index contributed by atoms with van der Waals surface area (Å²) in [6.45, 7) is 2.33. The lowest BCUT2D eigenvalue weighted by molar-refractivity contribution is -0.118. The van der Waals surface area contributed by atoms with E-state index >= 15 is 0 Å². The number of hydrogen-bond acceptors (Lipinski definition) is 4. The third-order valence-corrected chi connectivity index (χ3v) is 6.75. The maximum atomic E-state index is 13.2. The molecule has 1 N–H and O–H groups in total. The molecule has 1 aliphatic heterocycles. The number of thioether (sulfide) groups is 1. The fraction of sp³-hybridized carbons (Fsp3) is 0.240. The number of fused-ring (bicyclic) bond motifs is 1. The van der Waals surface area contributed by atoms with Crippen LogP contribution < -0.4 is 14.8 Å². The van der Waals surface area contributed by atoms with Gasteiger partial charge in [0.1, 0.15) is 0 Å². The third-order valence-electron chi connectivity index (χ3n) is 6.01. The lowest BCUT2D eigenvalue weighted by atomic mass is 9.94. The quantitative estimate of drug-likeness (QED) is 0.534. The molecule has 3 aromatic rings. The van der Waals surface area contributed by atoms with Crippen molar-refractivity contribution < 1.29 is 14.3 Å². The molecule has 152 valence electrons. The normalized spacial score (nSPS) is 15.7. The van der Waals surface area contributed by atoms with E-state index in [9.17, 15) is 4.79 Å². The number of carbonyl (C=O) groups excluding carboxylic acids is 1. The van der Waals surface area contributed by atoms with Gasteiger partial charge in [0.05, 0.1) is 5.41 Å². The summed E-state index contributed by atoms with van der Waals surface area (Å²) in [7, 11) is 0. The van der Waals surface area contributed by atoms with Gasteiger partial charge in [-0.1, -0.05) is 24.3 Å². The fourth-order valence-corrected chi connectivity index (χ4v) is 4.41. The molecular weight excluding hydrogens is 394 g/mol. The van der Waals surface area contributed by atoms with E-state index in [1.807, 2.05) is 24.3 Å². The summed E-state index contributed by atoms with van der Waals surface area (Å²) >= 11 is 1.73. The van der Waals surface area contributed by atoms with Crippen molar-refractivity contribution >= 4 is 23.4 Å². The van der Waals surface area contributed by atoms with Gasteiger partial charge in [-0.15, -0.1) is 11.8 Å². The highest BCUT2D eigenvalue weighted by Crippen LogP contribution is 2.51. The van der Waals surface area contributed by atoms with Gasteiger partial charge in [-0.25, -0.2) is 0 Å². The van der Waals surface area contributed by atoms with Crippen molar-refractivity contribution in [3.05, 3.63) is 71.8 Å². The average Bonchev–Trinajstić information content (AvgIpc) is 3.46. The van der Waals surface area contributed by atoms with Gasteiger partial charge in [-0.05, 0) is 84.7 Å². The zero-order chi connectivity index (χ0) is 20.7. The van der Waals surface area contributed by atoms with E-state index < -0.39 is 5.41 Å². The van der Waals surface area contributed by atoms with Gasteiger partial charge >= 0.3 is 0 Å². The van der Waals surface area contributed by atoms with Crippen LogP contribution in [0.5, 0.6) is 11.5 Å². The Kier molecular flexibility index (Phi) is 4.70. The van der Waals surface area contributed by atoms with Crippen LogP contribution in [0.15, 0.2) is 65.6 Å². The van der Waals surface area contributed by atoms with Crippen LogP contribution in [-0.2, 0) is 10.2 Å². The lowest BCUT2D eigenvalue weighted by Gasteiger charge is -2.17. The van der Waals surface area contributed by atoms with E-state index in [1.165, 1.54) is 10.5 Å². The summed E-state index contributed by atoms with van der Waals surface area (Å²) in [6.07, 6.45) is 3.75. The van der Waals surface area contributed by atoms with Gasteiger partial charge in [-0.2, -0.15) is 0 Å². The molecule has 30 heavy (non-hydrogen) atoms. The zero-order valence-corrected chi connectivity index (χ0v) is 17.8. The van der Waals surface area contributed by atoms with Crippen molar-refractivity contribution in [1.82, 2.24) is 0 Å². The summed E-state index contributed by atoms with van der Waals surface area (Å²) in [5.41, 5.74) is 4.80. The Morgan fingerprint density at radius 3 is 2.47 bits per heavy atom. The SMILES string of the molecule is CSc1ccc(-c2cc(NC(=O)C3(c4ccc5c(c4)OCO5)CC3)ccc2C)cc1. The standard InChI is InChI=1S/C25H23NO3S/c1-16-3-7-19(14-21(16)17-4-8-20(30-2)9-5-17)26-24(27)25(11-12-25)18-6-10-22-23(13-18)29-15-28-22/h3-10,13-14H,11-12,15H2,1-2H3,(H,26,27). The number of carbonyl (C=O) groups is 1.